The van der Waals surface area contributed by atoms with Gasteiger partial charge in [0.25, 0.3) is 11.7 Å². The first-order valence-electron chi connectivity index (χ1n) is 12.6. The molecule has 0 unspecified atom stereocenters. The number of aromatic amines is 1. The first-order chi connectivity index (χ1) is 17.0. The van der Waals surface area contributed by atoms with Crippen molar-refractivity contribution in [3.05, 3.63) is 30.0 Å². The van der Waals surface area contributed by atoms with Crippen LogP contribution in [0.1, 0.15) is 42.5 Å². The fourth-order valence-corrected chi connectivity index (χ4v) is 4.99. The summed E-state index contributed by atoms with van der Waals surface area (Å²) in [4.78, 5) is 46.1. The second-order valence-electron chi connectivity index (χ2n) is 9.44. The van der Waals surface area contributed by atoms with Crippen molar-refractivity contribution in [1.82, 2.24) is 20.1 Å². The highest BCUT2D eigenvalue weighted by Gasteiger charge is 2.29. The number of methoxy groups -OCH3 is 1. The average molecular weight is 485 g/mol. The van der Waals surface area contributed by atoms with Gasteiger partial charge in [0.15, 0.2) is 0 Å². The fourth-order valence-electron chi connectivity index (χ4n) is 4.99. The van der Waals surface area contributed by atoms with E-state index in [1.54, 1.807) is 31.5 Å². The number of amides is 2. The van der Waals surface area contributed by atoms with E-state index < -0.39 is 11.7 Å². The van der Waals surface area contributed by atoms with Gasteiger partial charge in [-0.3, -0.25) is 19.3 Å². The number of rotatable bonds is 10. The topological polar surface area (TPSA) is 104 Å². The molecular formula is C26H36N4O5. The van der Waals surface area contributed by atoms with Crippen LogP contribution in [0.4, 0.5) is 0 Å². The third-order valence-corrected chi connectivity index (χ3v) is 7.01. The molecule has 1 saturated carbocycles. The number of hydrogen-bond acceptors (Lipinski definition) is 6. The highest BCUT2D eigenvalue weighted by molar-refractivity contribution is 6.45. The molecule has 2 amide bonds. The number of Topliss-reactive ketones (excluding diaryl/α,β-unsaturated/α-hetero) is 1. The van der Waals surface area contributed by atoms with Gasteiger partial charge in [-0.05, 0) is 30.9 Å². The number of carbonyl (C=O) groups excluding carboxylic acids is 3. The van der Waals surface area contributed by atoms with E-state index >= 15 is 0 Å². The molecule has 2 aliphatic rings. The molecule has 4 rings (SSSR count). The van der Waals surface area contributed by atoms with Gasteiger partial charge in [-0.15, -0.1) is 0 Å². The predicted molar refractivity (Wildman–Crippen MR) is 133 cm³/mol. The SMILES string of the molecule is COc1ccc2c(C(=O)C(=O)N(CC(=O)NCCN3CCOCC3)CC3CCCCC3)c[nH]c2c1. The van der Waals surface area contributed by atoms with E-state index in [9.17, 15) is 14.4 Å². The minimum Gasteiger partial charge on any atom is -0.497 e. The van der Waals surface area contributed by atoms with Crippen molar-refractivity contribution in [1.29, 1.82) is 0 Å². The minimum atomic E-state index is -0.629. The summed E-state index contributed by atoms with van der Waals surface area (Å²) in [5.74, 6) is -0.487. The van der Waals surface area contributed by atoms with Crippen LogP contribution in [0.25, 0.3) is 10.9 Å². The molecule has 0 atom stereocenters. The highest BCUT2D eigenvalue weighted by Crippen LogP contribution is 2.26. The summed E-state index contributed by atoms with van der Waals surface area (Å²) in [6.07, 6.45) is 7.04. The maximum atomic E-state index is 13.4. The van der Waals surface area contributed by atoms with Gasteiger partial charge in [0.2, 0.25) is 5.91 Å². The molecule has 2 N–H and O–H groups in total. The van der Waals surface area contributed by atoms with Gasteiger partial charge in [0, 0.05) is 55.9 Å². The Morgan fingerprint density at radius 3 is 2.69 bits per heavy atom. The zero-order chi connectivity index (χ0) is 24.6. The normalized spacial score (nSPS) is 17.3. The van der Waals surface area contributed by atoms with Gasteiger partial charge in [-0.25, -0.2) is 0 Å². The van der Waals surface area contributed by atoms with Crippen molar-refractivity contribution >= 4 is 28.5 Å². The van der Waals surface area contributed by atoms with Gasteiger partial charge in [0.1, 0.15) is 5.75 Å². The third kappa shape index (κ3) is 6.61. The standard InChI is InChI=1S/C26H36N4O5/c1-34-20-7-8-21-22(16-28-23(21)15-20)25(32)26(33)30(17-19-5-3-2-4-6-19)18-24(31)27-9-10-29-11-13-35-14-12-29/h7-8,15-16,19,28H,2-6,9-14,17-18H2,1H3,(H,27,31). The Balaban J connectivity index is 1.42. The van der Waals surface area contributed by atoms with Crippen molar-refractivity contribution in [3.63, 3.8) is 0 Å². The second kappa shape index (κ2) is 12.2. The molecule has 2 aromatic rings. The van der Waals surface area contributed by atoms with Gasteiger partial charge in [0.05, 0.1) is 32.4 Å². The first kappa shape index (κ1) is 25.2. The van der Waals surface area contributed by atoms with Crippen LogP contribution < -0.4 is 10.1 Å². The zero-order valence-electron chi connectivity index (χ0n) is 20.5. The number of fused-ring (bicyclic) bond motifs is 1. The van der Waals surface area contributed by atoms with Crippen molar-refractivity contribution in [2.75, 3.05) is 59.6 Å². The molecule has 1 aromatic carbocycles. The van der Waals surface area contributed by atoms with E-state index in [1.165, 1.54) is 11.3 Å². The van der Waals surface area contributed by atoms with Crippen LogP contribution in [-0.2, 0) is 14.3 Å². The van der Waals surface area contributed by atoms with Crippen molar-refractivity contribution in [2.45, 2.75) is 32.1 Å². The van der Waals surface area contributed by atoms with Crippen LogP contribution in [0.5, 0.6) is 5.75 Å². The lowest BCUT2D eigenvalue weighted by Gasteiger charge is -2.29. The Morgan fingerprint density at radius 2 is 1.94 bits per heavy atom. The summed E-state index contributed by atoms with van der Waals surface area (Å²) in [7, 11) is 1.58. The van der Waals surface area contributed by atoms with Gasteiger partial charge >= 0.3 is 0 Å². The molecule has 2 heterocycles. The maximum absolute atomic E-state index is 13.4. The molecule has 9 heteroatoms. The Morgan fingerprint density at radius 1 is 1.17 bits per heavy atom. The van der Waals surface area contributed by atoms with Crippen LogP contribution in [0.15, 0.2) is 24.4 Å². The molecule has 1 saturated heterocycles. The number of ether oxygens (including phenoxy) is 2. The van der Waals surface area contributed by atoms with E-state index in [1.807, 2.05) is 0 Å². The summed E-state index contributed by atoms with van der Waals surface area (Å²) < 4.78 is 10.6. The number of carbonyl (C=O) groups is 3. The summed E-state index contributed by atoms with van der Waals surface area (Å²) in [5, 5.41) is 3.59. The third-order valence-electron chi connectivity index (χ3n) is 7.01. The largest absolute Gasteiger partial charge is 0.497 e. The molecule has 35 heavy (non-hydrogen) atoms. The summed E-state index contributed by atoms with van der Waals surface area (Å²) in [5.41, 5.74) is 1.04. The van der Waals surface area contributed by atoms with E-state index in [2.05, 4.69) is 15.2 Å². The molecule has 0 radical (unpaired) electrons. The van der Waals surface area contributed by atoms with Crippen molar-refractivity contribution in [2.24, 2.45) is 5.92 Å². The molecule has 0 bridgehead atoms. The second-order valence-corrected chi connectivity index (χ2v) is 9.44. The zero-order valence-corrected chi connectivity index (χ0v) is 20.5. The minimum absolute atomic E-state index is 0.111. The molecule has 1 aliphatic carbocycles. The van der Waals surface area contributed by atoms with Crippen LogP contribution in [0, 0.1) is 5.92 Å². The number of aromatic nitrogens is 1. The number of nitrogens with one attached hydrogen (secondary N) is 2. The summed E-state index contributed by atoms with van der Waals surface area (Å²) in [6.45, 7) is 4.69. The highest BCUT2D eigenvalue weighted by atomic mass is 16.5. The Labute approximate surface area is 206 Å². The number of H-pyrrole nitrogens is 1. The maximum Gasteiger partial charge on any atom is 0.295 e. The Bertz CT molecular complexity index is 1020. The lowest BCUT2D eigenvalue weighted by molar-refractivity contribution is -0.133. The molecule has 1 aliphatic heterocycles. The van der Waals surface area contributed by atoms with E-state index in [-0.39, 0.29) is 12.5 Å². The monoisotopic (exact) mass is 484 g/mol. The van der Waals surface area contributed by atoms with Gasteiger partial charge in [-0.1, -0.05) is 19.3 Å². The number of hydrogen-bond donors (Lipinski definition) is 2. The van der Waals surface area contributed by atoms with Crippen LogP contribution in [0.2, 0.25) is 0 Å². The van der Waals surface area contributed by atoms with E-state index in [0.29, 0.717) is 48.9 Å². The number of ketones is 1. The predicted octanol–water partition coefficient (Wildman–Crippen LogP) is 2.22. The van der Waals surface area contributed by atoms with Gasteiger partial charge in [-0.2, -0.15) is 0 Å². The van der Waals surface area contributed by atoms with Gasteiger partial charge < -0.3 is 24.7 Å². The summed E-state index contributed by atoms with van der Waals surface area (Å²) >= 11 is 0. The van der Waals surface area contributed by atoms with Crippen molar-refractivity contribution < 1.29 is 23.9 Å². The van der Waals surface area contributed by atoms with Crippen LogP contribution >= 0.6 is 0 Å². The van der Waals surface area contributed by atoms with Crippen LogP contribution in [0.3, 0.4) is 0 Å². The lowest BCUT2D eigenvalue weighted by atomic mass is 9.89. The smallest absolute Gasteiger partial charge is 0.295 e. The van der Waals surface area contributed by atoms with Crippen LogP contribution in [-0.4, -0.2) is 92.0 Å². The first-order valence-corrected chi connectivity index (χ1v) is 12.6. The number of nitrogens with zero attached hydrogens (tertiary/aromatic N) is 2. The molecule has 1 aromatic heterocycles. The molecule has 190 valence electrons. The fraction of sp³-hybridized carbons (Fsp3) is 0.577. The van der Waals surface area contributed by atoms with E-state index in [4.69, 9.17) is 9.47 Å². The quantitative estimate of drug-likeness (QED) is 0.396. The van der Waals surface area contributed by atoms with Crippen molar-refractivity contribution in [3.8, 4) is 5.75 Å². The van der Waals surface area contributed by atoms with E-state index in [0.717, 1.165) is 50.8 Å². The molecule has 0 spiro atoms. The molecular weight excluding hydrogens is 448 g/mol. The Hall–Kier alpha value is -2.91. The summed E-state index contributed by atoms with van der Waals surface area (Å²) in [6, 6.07) is 5.33. The lowest BCUT2D eigenvalue weighted by Crippen LogP contribution is -2.47. The molecule has 9 nitrogen and oxygen atoms in total. The average Bonchev–Trinajstić information content (AvgIpc) is 3.32. The Kier molecular flexibility index (Phi) is 8.76. The number of morpholine rings is 1. The molecule has 2 fully saturated rings. The number of benzene rings is 1.